The summed E-state index contributed by atoms with van der Waals surface area (Å²) in [5.74, 6) is -0.139. The summed E-state index contributed by atoms with van der Waals surface area (Å²) in [4.78, 5) is 16.9. The van der Waals surface area contributed by atoms with Gasteiger partial charge in [0.2, 0.25) is 10.0 Å². The zero-order valence-corrected chi connectivity index (χ0v) is 20.0. The summed E-state index contributed by atoms with van der Waals surface area (Å²) in [6.45, 7) is 1.99. The number of carbonyl (C=O) groups is 1. The number of benzene rings is 2. The molecule has 3 rings (SSSR count). The molecule has 33 heavy (non-hydrogen) atoms. The van der Waals surface area contributed by atoms with Crippen LogP contribution in [0.15, 0.2) is 65.7 Å². The van der Waals surface area contributed by atoms with Gasteiger partial charge in [-0.3, -0.25) is 13.8 Å². The van der Waals surface area contributed by atoms with Crippen molar-refractivity contribution in [2.24, 2.45) is 0 Å². The number of ketones is 1. The van der Waals surface area contributed by atoms with Crippen LogP contribution in [0.4, 0.5) is 5.82 Å². The van der Waals surface area contributed by atoms with Crippen molar-refractivity contribution in [2.45, 2.75) is 18.2 Å². The maximum absolute atomic E-state index is 12.9. The van der Waals surface area contributed by atoms with Gasteiger partial charge in [0.25, 0.3) is 0 Å². The molecular weight excluding hydrogens is 465 g/mol. The average Bonchev–Trinajstić information content (AvgIpc) is 2.80. The molecule has 0 aliphatic carbocycles. The Hall–Kier alpha value is -2.88. The van der Waals surface area contributed by atoms with Crippen molar-refractivity contribution in [1.29, 1.82) is 0 Å². The van der Waals surface area contributed by atoms with Gasteiger partial charge in [-0.15, -0.1) is 4.49 Å². The van der Waals surface area contributed by atoms with Gasteiger partial charge in [0, 0.05) is 32.4 Å². The van der Waals surface area contributed by atoms with E-state index in [9.17, 15) is 17.8 Å². The summed E-state index contributed by atoms with van der Waals surface area (Å²) in [6.07, 6.45) is 1.60. The number of aromatic nitrogens is 1. The van der Waals surface area contributed by atoms with E-state index in [4.69, 9.17) is 5.73 Å². The molecule has 0 saturated heterocycles. The highest BCUT2D eigenvalue weighted by Crippen LogP contribution is 2.43. The number of nitrogen functional groups attached to an aromatic ring is 1. The van der Waals surface area contributed by atoms with Gasteiger partial charge in [0.05, 0.1) is 10.5 Å². The third-order valence-corrected chi connectivity index (χ3v) is 8.62. The van der Waals surface area contributed by atoms with E-state index in [2.05, 4.69) is 14.0 Å². The van der Waals surface area contributed by atoms with Crippen molar-refractivity contribution < 1.29 is 26.8 Å². The number of rotatable bonds is 9. The van der Waals surface area contributed by atoms with Crippen LogP contribution in [-0.2, 0) is 30.1 Å². The third-order valence-electron chi connectivity index (χ3n) is 4.91. The second-order valence-corrected chi connectivity index (χ2v) is 11.2. The summed E-state index contributed by atoms with van der Waals surface area (Å²) in [6, 6.07) is 15.1. The maximum Gasteiger partial charge on any atom is 0.418 e. The molecule has 2 aromatic carbocycles. The Labute approximate surface area is 192 Å². The molecule has 0 spiro atoms. The lowest BCUT2D eigenvalue weighted by Crippen LogP contribution is -2.22. The predicted octanol–water partition coefficient (Wildman–Crippen LogP) is 3.74. The van der Waals surface area contributed by atoms with Crippen LogP contribution in [0.25, 0.3) is 11.1 Å². The van der Waals surface area contributed by atoms with E-state index in [1.165, 1.54) is 24.3 Å². The van der Waals surface area contributed by atoms with Crippen molar-refractivity contribution in [3.05, 3.63) is 77.5 Å². The van der Waals surface area contributed by atoms with Crippen LogP contribution in [-0.4, -0.2) is 33.4 Å². The first-order valence-corrected chi connectivity index (χ1v) is 12.8. The molecular formula is C22H24N3O6PS. The van der Waals surface area contributed by atoms with E-state index in [-0.39, 0.29) is 28.5 Å². The Bertz CT molecular complexity index is 1300. The lowest BCUT2D eigenvalue weighted by Gasteiger charge is -2.15. The Morgan fingerprint density at radius 1 is 1.03 bits per heavy atom. The first-order chi connectivity index (χ1) is 15.6. The first kappa shape index (κ1) is 24.8. The van der Waals surface area contributed by atoms with E-state index >= 15 is 0 Å². The Morgan fingerprint density at radius 3 is 2.21 bits per heavy atom. The maximum atomic E-state index is 12.9. The van der Waals surface area contributed by atoms with Crippen LogP contribution in [0.1, 0.15) is 21.5 Å². The van der Waals surface area contributed by atoms with Gasteiger partial charge in [0.1, 0.15) is 5.82 Å². The summed E-state index contributed by atoms with van der Waals surface area (Å²) in [5.41, 5.74) is 9.59. The molecule has 1 heterocycles. The summed E-state index contributed by atoms with van der Waals surface area (Å²) in [7, 11) is -6.03. The number of nitrogens with one attached hydrogen (secondary N) is 1. The number of anilines is 1. The first-order valence-electron chi connectivity index (χ1n) is 9.77. The highest BCUT2D eigenvalue weighted by atomic mass is 32.2. The van der Waals surface area contributed by atoms with Crippen molar-refractivity contribution in [3.8, 4) is 11.1 Å². The number of sulfonamides is 1. The number of carbonyl (C=O) groups excluding carboxylic acids is 1. The fraction of sp³-hybridized carbons (Fsp3) is 0.182. The van der Waals surface area contributed by atoms with Crippen LogP contribution in [0.3, 0.4) is 0 Å². The summed E-state index contributed by atoms with van der Waals surface area (Å²) in [5, 5.41) is 0. The second-order valence-electron chi connectivity index (χ2n) is 7.22. The van der Waals surface area contributed by atoms with Gasteiger partial charge in [-0.2, -0.15) is 0 Å². The minimum absolute atomic E-state index is 0.00831. The molecule has 0 radical (unpaired) electrons. The summed E-state index contributed by atoms with van der Waals surface area (Å²) >= 11 is 0. The molecule has 0 unspecified atom stereocenters. The number of nitrogens with zero attached hydrogens (tertiary/aromatic N) is 1. The van der Waals surface area contributed by atoms with Crippen LogP contribution in [0, 0.1) is 6.92 Å². The normalized spacial score (nSPS) is 12.0. The van der Waals surface area contributed by atoms with Crippen LogP contribution in [0.5, 0.6) is 0 Å². The molecule has 0 fully saturated rings. The van der Waals surface area contributed by atoms with Gasteiger partial charge in [0.15, 0.2) is 5.78 Å². The van der Waals surface area contributed by atoms with Crippen molar-refractivity contribution in [1.82, 2.24) is 9.48 Å². The van der Waals surface area contributed by atoms with Crippen molar-refractivity contribution in [3.63, 3.8) is 0 Å². The topological polar surface area (TPSA) is 138 Å². The smallest absolute Gasteiger partial charge is 0.383 e. The molecule has 0 saturated carbocycles. The Kier molecular flexibility index (Phi) is 7.46. The molecule has 0 amide bonds. The van der Waals surface area contributed by atoms with E-state index in [0.717, 1.165) is 30.9 Å². The van der Waals surface area contributed by atoms with Crippen LogP contribution < -0.4 is 10.2 Å². The zero-order valence-electron chi connectivity index (χ0n) is 18.3. The highest BCUT2D eigenvalue weighted by Gasteiger charge is 2.29. The molecule has 0 bridgehead atoms. The fourth-order valence-corrected chi connectivity index (χ4v) is 5.86. The van der Waals surface area contributed by atoms with E-state index in [1.807, 2.05) is 35.7 Å². The van der Waals surface area contributed by atoms with Gasteiger partial charge >= 0.3 is 7.75 Å². The number of nitrogens with two attached hydrogens (primary N) is 1. The molecule has 0 aliphatic rings. The van der Waals surface area contributed by atoms with Crippen molar-refractivity contribution >= 4 is 29.4 Å². The Balaban J connectivity index is 1.79. The van der Waals surface area contributed by atoms with Crippen LogP contribution >= 0.6 is 7.75 Å². The quantitative estimate of drug-likeness (QED) is 0.342. The average molecular weight is 489 g/mol. The van der Waals surface area contributed by atoms with E-state index < -0.39 is 17.8 Å². The highest BCUT2D eigenvalue weighted by molar-refractivity contribution is 7.94. The predicted molar refractivity (Wildman–Crippen MR) is 125 cm³/mol. The summed E-state index contributed by atoms with van der Waals surface area (Å²) < 4.78 is 48.1. The minimum Gasteiger partial charge on any atom is -0.383 e. The van der Waals surface area contributed by atoms with Crippen LogP contribution in [0.2, 0.25) is 0 Å². The number of aryl methyl sites for hydroxylation is 1. The van der Waals surface area contributed by atoms with E-state index in [0.29, 0.717) is 5.56 Å². The van der Waals surface area contributed by atoms with Gasteiger partial charge in [-0.1, -0.05) is 42.0 Å². The molecule has 9 nitrogen and oxygen atoms in total. The number of Topliss-reactive ketones (excluding diaryl/α,β-unsaturated/α-hetero) is 1. The second kappa shape index (κ2) is 9.94. The number of hydrogen-bond acceptors (Lipinski definition) is 8. The Morgan fingerprint density at radius 2 is 1.64 bits per heavy atom. The number of pyridine rings is 1. The van der Waals surface area contributed by atoms with Gasteiger partial charge < -0.3 is 5.73 Å². The minimum atomic E-state index is -4.16. The SMILES string of the molecule is COP(=O)(NS(=O)(=O)c1ccc(CC(=O)c2cc(-c3ccc(C)cc3)cnc2N)cc1)OC. The largest absolute Gasteiger partial charge is 0.418 e. The van der Waals surface area contributed by atoms with E-state index in [1.54, 1.807) is 12.3 Å². The molecule has 11 heteroatoms. The number of hydrogen-bond donors (Lipinski definition) is 2. The standard InChI is InChI=1S/C22H24N3O6PS/c1-15-4-8-17(9-5-15)18-13-20(22(23)24-14-18)21(26)12-16-6-10-19(11-7-16)33(28,29)25-32(27,30-2)31-3/h4-11,13-14H,12H2,1-3H3,(H2,23,24)(H,25,27). The fourth-order valence-electron chi connectivity index (χ4n) is 3.02. The zero-order chi connectivity index (χ0) is 24.2. The molecule has 3 aromatic rings. The lowest BCUT2D eigenvalue weighted by molar-refractivity contribution is 0.0993. The van der Waals surface area contributed by atoms with Gasteiger partial charge in [-0.25, -0.2) is 18.0 Å². The molecule has 3 N–H and O–H groups in total. The molecule has 0 aliphatic heterocycles. The van der Waals surface area contributed by atoms with Gasteiger partial charge in [-0.05, 0) is 36.2 Å². The monoisotopic (exact) mass is 489 g/mol. The molecule has 174 valence electrons. The lowest BCUT2D eigenvalue weighted by atomic mass is 9.99. The third kappa shape index (κ3) is 5.93. The molecule has 1 aromatic heterocycles. The molecule has 0 atom stereocenters. The van der Waals surface area contributed by atoms with Crippen molar-refractivity contribution in [2.75, 3.05) is 20.0 Å².